The zero-order chi connectivity index (χ0) is 16.2. The minimum Gasteiger partial charge on any atom is -0.497 e. The van der Waals surface area contributed by atoms with Crippen LogP contribution in [0.5, 0.6) is 5.75 Å². The summed E-state index contributed by atoms with van der Waals surface area (Å²) in [6.45, 7) is 1.11. The number of methoxy groups -OCH3 is 1. The van der Waals surface area contributed by atoms with Gasteiger partial charge in [0.25, 0.3) is 11.5 Å². The first-order valence-electron chi connectivity index (χ1n) is 7.49. The third-order valence-electron chi connectivity index (χ3n) is 4.01. The molecule has 0 saturated carbocycles. The van der Waals surface area contributed by atoms with Crippen molar-refractivity contribution in [3.8, 4) is 5.75 Å². The molecule has 0 fully saturated rings. The Balaban J connectivity index is 1.74. The van der Waals surface area contributed by atoms with Gasteiger partial charge in [-0.15, -0.1) is 0 Å². The number of H-pyrrole nitrogens is 1. The Hall–Kier alpha value is -2.82. The first-order valence-corrected chi connectivity index (χ1v) is 7.49. The molecule has 1 aromatic heterocycles. The van der Waals surface area contributed by atoms with E-state index in [1.54, 1.807) is 24.1 Å². The molecule has 0 aliphatic carbocycles. The summed E-state index contributed by atoms with van der Waals surface area (Å²) in [7, 11) is 1.64. The quantitative estimate of drug-likeness (QED) is 0.946. The standard InChI is InChI=1S/C18H18N2O3/c1-23-15-6-4-13(5-7-15)14-8-11-20(12-9-14)18(22)16-3-2-10-19-17(16)21/h2-8,10H,9,11-12H2,1H3,(H,19,21). The molecule has 0 unspecified atom stereocenters. The lowest BCUT2D eigenvalue weighted by atomic mass is 9.99. The number of benzene rings is 1. The van der Waals surface area contributed by atoms with E-state index < -0.39 is 0 Å². The number of hydrogen-bond donors (Lipinski definition) is 1. The van der Waals surface area contributed by atoms with Crippen molar-refractivity contribution in [1.29, 1.82) is 0 Å². The fourth-order valence-corrected chi connectivity index (χ4v) is 2.68. The van der Waals surface area contributed by atoms with E-state index in [9.17, 15) is 9.59 Å². The fraction of sp³-hybridized carbons (Fsp3) is 0.222. The van der Waals surface area contributed by atoms with E-state index >= 15 is 0 Å². The minimum atomic E-state index is -0.345. The number of aromatic nitrogens is 1. The van der Waals surface area contributed by atoms with Crippen LogP contribution in [0.4, 0.5) is 0 Å². The van der Waals surface area contributed by atoms with Gasteiger partial charge >= 0.3 is 0 Å². The van der Waals surface area contributed by atoms with Crippen LogP contribution >= 0.6 is 0 Å². The highest BCUT2D eigenvalue weighted by Gasteiger charge is 2.21. The molecule has 1 aliphatic heterocycles. The van der Waals surface area contributed by atoms with Crippen LogP contribution in [0.3, 0.4) is 0 Å². The molecule has 23 heavy (non-hydrogen) atoms. The van der Waals surface area contributed by atoms with E-state index in [4.69, 9.17) is 4.74 Å². The van der Waals surface area contributed by atoms with Gasteiger partial charge in [0.05, 0.1) is 7.11 Å². The number of carbonyl (C=O) groups excluding carboxylic acids is 1. The minimum absolute atomic E-state index is 0.189. The fourth-order valence-electron chi connectivity index (χ4n) is 2.68. The summed E-state index contributed by atoms with van der Waals surface area (Å²) in [6, 6.07) is 11.1. The Morgan fingerprint density at radius 1 is 1.22 bits per heavy atom. The highest BCUT2D eigenvalue weighted by molar-refractivity contribution is 5.94. The van der Waals surface area contributed by atoms with Gasteiger partial charge in [-0.25, -0.2) is 0 Å². The summed E-state index contributed by atoms with van der Waals surface area (Å²) in [5.41, 5.74) is 2.19. The van der Waals surface area contributed by atoms with Crippen molar-refractivity contribution >= 4 is 11.5 Å². The molecule has 0 atom stereocenters. The van der Waals surface area contributed by atoms with Crippen LogP contribution in [0.2, 0.25) is 0 Å². The SMILES string of the molecule is COc1ccc(C2=CCN(C(=O)c3ccc[nH]c3=O)CC2)cc1. The summed E-state index contributed by atoms with van der Waals surface area (Å²) in [6.07, 6.45) is 4.33. The summed E-state index contributed by atoms with van der Waals surface area (Å²) in [5.74, 6) is 0.599. The first kappa shape index (κ1) is 15.1. The lowest BCUT2D eigenvalue weighted by molar-refractivity contribution is 0.0771. The topological polar surface area (TPSA) is 62.4 Å². The monoisotopic (exact) mass is 310 g/mol. The number of pyridine rings is 1. The molecule has 0 saturated heterocycles. The zero-order valence-electron chi connectivity index (χ0n) is 12.9. The average Bonchev–Trinajstić information content (AvgIpc) is 2.62. The van der Waals surface area contributed by atoms with E-state index in [1.165, 1.54) is 11.8 Å². The Morgan fingerprint density at radius 3 is 2.61 bits per heavy atom. The van der Waals surface area contributed by atoms with Gasteiger partial charge in [0.1, 0.15) is 11.3 Å². The molecule has 0 bridgehead atoms. The third-order valence-corrected chi connectivity index (χ3v) is 4.01. The van der Waals surface area contributed by atoms with Crippen molar-refractivity contribution in [2.75, 3.05) is 20.2 Å². The molecular formula is C18H18N2O3. The Bertz CT molecular complexity index is 790. The predicted octanol–water partition coefficient (Wildman–Crippen LogP) is 2.31. The molecule has 118 valence electrons. The molecule has 3 rings (SSSR count). The summed E-state index contributed by atoms with van der Waals surface area (Å²) in [4.78, 5) is 28.4. The van der Waals surface area contributed by atoms with Gasteiger partial charge in [-0.05, 0) is 41.8 Å². The van der Waals surface area contributed by atoms with Crippen LogP contribution in [0.1, 0.15) is 22.3 Å². The van der Waals surface area contributed by atoms with Gasteiger partial charge in [-0.2, -0.15) is 0 Å². The summed E-state index contributed by atoms with van der Waals surface area (Å²) in [5, 5.41) is 0. The van der Waals surface area contributed by atoms with E-state index in [0.29, 0.717) is 13.1 Å². The second-order valence-electron chi connectivity index (χ2n) is 5.37. The second-order valence-corrected chi connectivity index (χ2v) is 5.37. The lowest BCUT2D eigenvalue weighted by Crippen LogP contribution is -2.37. The molecule has 1 N–H and O–H groups in total. The maximum absolute atomic E-state index is 12.4. The van der Waals surface area contributed by atoms with E-state index in [1.807, 2.05) is 30.3 Å². The number of rotatable bonds is 3. The molecule has 0 spiro atoms. The van der Waals surface area contributed by atoms with E-state index in [2.05, 4.69) is 4.98 Å². The number of aromatic amines is 1. The molecule has 1 aromatic carbocycles. The molecule has 1 amide bonds. The summed E-state index contributed by atoms with van der Waals surface area (Å²) < 4.78 is 5.16. The van der Waals surface area contributed by atoms with Gasteiger partial charge in [-0.1, -0.05) is 18.2 Å². The Kier molecular flexibility index (Phi) is 4.28. The third kappa shape index (κ3) is 3.18. The van der Waals surface area contributed by atoms with Gasteiger partial charge in [0.2, 0.25) is 0 Å². The second kappa shape index (κ2) is 6.52. The summed E-state index contributed by atoms with van der Waals surface area (Å²) >= 11 is 0. The normalized spacial score (nSPS) is 14.3. The van der Waals surface area contributed by atoms with Crippen LogP contribution < -0.4 is 10.3 Å². The molecular weight excluding hydrogens is 292 g/mol. The van der Waals surface area contributed by atoms with Crippen LogP contribution in [-0.4, -0.2) is 36.0 Å². The number of nitrogens with zero attached hydrogens (tertiary/aromatic N) is 1. The first-order chi connectivity index (χ1) is 11.2. The maximum Gasteiger partial charge on any atom is 0.260 e. The van der Waals surface area contributed by atoms with Crippen molar-refractivity contribution in [1.82, 2.24) is 9.88 Å². The Morgan fingerprint density at radius 2 is 2.00 bits per heavy atom. The highest BCUT2D eigenvalue weighted by Crippen LogP contribution is 2.24. The van der Waals surface area contributed by atoms with Crippen molar-refractivity contribution in [2.24, 2.45) is 0 Å². The largest absolute Gasteiger partial charge is 0.497 e. The van der Waals surface area contributed by atoms with Crippen LogP contribution in [0.15, 0.2) is 53.5 Å². The number of nitrogens with one attached hydrogen (secondary N) is 1. The van der Waals surface area contributed by atoms with Crippen LogP contribution in [-0.2, 0) is 0 Å². The Labute approximate surface area is 134 Å². The molecule has 0 radical (unpaired) electrons. The number of carbonyl (C=O) groups is 1. The van der Waals surface area contributed by atoms with E-state index in [0.717, 1.165) is 17.7 Å². The van der Waals surface area contributed by atoms with Gasteiger partial charge in [0, 0.05) is 19.3 Å². The van der Waals surface area contributed by atoms with Crippen LogP contribution in [0.25, 0.3) is 5.57 Å². The van der Waals surface area contributed by atoms with Crippen molar-refractivity contribution in [3.63, 3.8) is 0 Å². The van der Waals surface area contributed by atoms with E-state index in [-0.39, 0.29) is 17.0 Å². The van der Waals surface area contributed by atoms with Gasteiger partial charge in [-0.3, -0.25) is 9.59 Å². The lowest BCUT2D eigenvalue weighted by Gasteiger charge is -2.26. The molecule has 5 heteroatoms. The van der Waals surface area contributed by atoms with Crippen molar-refractivity contribution in [2.45, 2.75) is 6.42 Å². The molecule has 1 aliphatic rings. The number of amides is 1. The zero-order valence-corrected chi connectivity index (χ0v) is 12.9. The van der Waals surface area contributed by atoms with Crippen LogP contribution in [0, 0.1) is 0 Å². The predicted molar refractivity (Wildman–Crippen MR) is 88.6 cm³/mol. The molecule has 2 heterocycles. The number of hydrogen-bond acceptors (Lipinski definition) is 3. The van der Waals surface area contributed by atoms with Gasteiger partial charge < -0.3 is 14.6 Å². The highest BCUT2D eigenvalue weighted by atomic mass is 16.5. The maximum atomic E-state index is 12.4. The van der Waals surface area contributed by atoms with Crippen molar-refractivity contribution < 1.29 is 9.53 Å². The molecule has 2 aromatic rings. The smallest absolute Gasteiger partial charge is 0.260 e. The van der Waals surface area contributed by atoms with Crippen molar-refractivity contribution in [3.05, 3.63) is 70.2 Å². The number of ether oxygens (including phenoxy) is 1. The average molecular weight is 310 g/mol. The molecule has 5 nitrogen and oxygen atoms in total. The van der Waals surface area contributed by atoms with Gasteiger partial charge in [0.15, 0.2) is 0 Å².